The molecule has 0 fully saturated rings. The maximum Gasteiger partial charge on any atom is 0.222 e. The van der Waals surface area contributed by atoms with Crippen molar-refractivity contribution in [2.45, 2.75) is 19.8 Å². The molecular formula is C10H17N3O. The fraction of sp³-hybridized carbons (Fsp3) is 0.600. The van der Waals surface area contributed by atoms with Gasteiger partial charge < -0.3 is 10.4 Å². The summed E-state index contributed by atoms with van der Waals surface area (Å²) in [5, 5.41) is 12.0. The Morgan fingerprint density at radius 2 is 2.14 bits per heavy atom. The first kappa shape index (κ1) is 10.9. The van der Waals surface area contributed by atoms with Crippen LogP contribution in [0.3, 0.4) is 0 Å². The first-order valence-corrected chi connectivity index (χ1v) is 4.98. The molecule has 1 heterocycles. The second-order valence-electron chi connectivity index (χ2n) is 3.24. The lowest BCUT2D eigenvalue weighted by Gasteiger charge is -2.13. The van der Waals surface area contributed by atoms with Crippen LogP contribution < -0.4 is 5.32 Å². The maximum atomic E-state index is 8.81. The molecule has 1 aromatic rings. The molecule has 4 heteroatoms. The fourth-order valence-electron chi connectivity index (χ4n) is 1.26. The van der Waals surface area contributed by atoms with Crippen LogP contribution in [0, 0.1) is 5.92 Å². The minimum absolute atomic E-state index is 0.246. The van der Waals surface area contributed by atoms with Gasteiger partial charge in [0.25, 0.3) is 0 Å². The number of hydrogen-bond acceptors (Lipinski definition) is 4. The monoisotopic (exact) mass is 195 g/mol. The number of aliphatic hydroxyl groups is 1. The molecule has 0 saturated carbocycles. The summed E-state index contributed by atoms with van der Waals surface area (Å²) in [4.78, 5) is 8.12. The number of nitrogens with zero attached hydrogens (tertiary/aromatic N) is 2. The van der Waals surface area contributed by atoms with E-state index < -0.39 is 0 Å². The molecule has 0 bridgehead atoms. The second-order valence-corrected chi connectivity index (χ2v) is 3.24. The Morgan fingerprint density at radius 3 is 2.71 bits per heavy atom. The zero-order chi connectivity index (χ0) is 10.2. The normalized spacial score (nSPS) is 12.4. The van der Waals surface area contributed by atoms with E-state index in [0.29, 0.717) is 11.9 Å². The minimum Gasteiger partial charge on any atom is -0.396 e. The molecule has 0 spiro atoms. The summed E-state index contributed by atoms with van der Waals surface area (Å²) in [6, 6.07) is 1.79. The average molecular weight is 195 g/mol. The Bertz CT molecular complexity index is 240. The molecule has 0 aliphatic rings. The van der Waals surface area contributed by atoms with Gasteiger partial charge in [-0.25, -0.2) is 9.97 Å². The molecule has 1 rings (SSSR count). The van der Waals surface area contributed by atoms with E-state index in [0.717, 1.165) is 19.4 Å². The van der Waals surface area contributed by atoms with Crippen LogP contribution in [0.2, 0.25) is 0 Å². The molecule has 4 nitrogen and oxygen atoms in total. The molecule has 0 aliphatic heterocycles. The Balaban J connectivity index is 2.32. The molecule has 0 saturated heterocycles. The molecule has 0 radical (unpaired) electrons. The van der Waals surface area contributed by atoms with Crippen LogP contribution in [-0.2, 0) is 0 Å². The number of anilines is 1. The van der Waals surface area contributed by atoms with Gasteiger partial charge in [0.15, 0.2) is 0 Å². The van der Waals surface area contributed by atoms with Crippen molar-refractivity contribution in [2.24, 2.45) is 5.92 Å². The minimum atomic E-state index is 0.246. The van der Waals surface area contributed by atoms with Gasteiger partial charge in [-0.15, -0.1) is 0 Å². The van der Waals surface area contributed by atoms with Gasteiger partial charge in [0, 0.05) is 25.5 Å². The summed E-state index contributed by atoms with van der Waals surface area (Å²) in [5.41, 5.74) is 0. The van der Waals surface area contributed by atoms with Crippen LogP contribution in [0.15, 0.2) is 18.5 Å². The summed E-state index contributed by atoms with van der Waals surface area (Å²) in [6.07, 6.45) is 5.31. The van der Waals surface area contributed by atoms with Crippen molar-refractivity contribution in [3.05, 3.63) is 18.5 Å². The van der Waals surface area contributed by atoms with E-state index in [4.69, 9.17) is 5.11 Å². The Hall–Kier alpha value is -1.16. The van der Waals surface area contributed by atoms with Gasteiger partial charge in [-0.05, 0) is 18.4 Å². The second kappa shape index (κ2) is 6.32. The molecule has 78 valence electrons. The zero-order valence-electron chi connectivity index (χ0n) is 8.48. The number of aromatic nitrogens is 2. The highest BCUT2D eigenvalue weighted by atomic mass is 16.3. The number of nitrogens with one attached hydrogen (secondary N) is 1. The van der Waals surface area contributed by atoms with E-state index >= 15 is 0 Å². The summed E-state index contributed by atoms with van der Waals surface area (Å²) in [7, 11) is 0. The quantitative estimate of drug-likeness (QED) is 0.718. The third-order valence-electron chi connectivity index (χ3n) is 2.23. The number of aliphatic hydroxyl groups excluding tert-OH is 1. The van der Waals surface area contributed by atoms with Gasteiger partial charge in [-0.2, -0.15) is 0 Å². The van der Waals surface area contributed by atoms with E-state index in [9.17, 15) is 0 Å². The zero-order valence-corrected chi connectivity index (χ0v) is 8.48. The molecule has 2 N–H and O–H groups in total. The van der Waals surface area contributed by atoms with Crippen molar-refractivity contribution < 1.29 is 5.11 Å². The lowest BCUT2D eigenvalue weighted by molar-refractivity contribution is 0.258. The van der Waals surface area contributed by atoms with Crippen LogP contribution in [0.4, 0.5) is 5.95 Å². The largest absolute Gasteiger partial charge is 0.396 e. The molecule has 1 unspecified atom stereocenters. The lowest BCUT2D eigenvalue weighted by Crippen LogP contribution is -2.16. The molecule has 14 heavy (non-hydrogen) atoms. The Kier molecular flexibility index (Phi) is 4.93. The summed E-state index contributed by atoms with van der Waals surface area (Å²) < 4.78 is 0. The summed E-state index contributed by atoms with van der Waals surface area (Å²) in [6.45, 7) is 3.19. The van der Waals surface area contributed by atoms with Gasteiger partial charge in [-0.3, -0.25) is 0 Å². The van der Waals surface area contributed by atoms with Crippen LogP contribution >= 0.6 is 0 Å². The topological polar surface area (TPSA) is 58.0 Å². The van der Waals surface area contributed by atoms with Gasteiger partial charge in [0.05, 0.1) is 0 Å². The third kappa shape index (κ3) is 3.70. The summed E-state index contributed by atoms with van der Waals surface area (Å²) in [5.74, 6) is 1.15. The summed E-state index contributed by atoms with van der Waals surface area (Å²) >= 11 is 0. The Morgan fingerprint density at radius 1 is 1.43 bits per heavy atom. The molecule has 1 atom stereocenters. The molecule has 0 aliphatic carbocycles. The third-order valence-corrected chi connectivity index (χ3v) is 2.23. The number of hydrogen-bond donors (Lipinski definition) is 2. The van der Waals surface area contributed by atoms with Crippen LogP contribution in [0.1, 0.15) is 19.8 Å². The van der Waals surface area contributed by atoms with Crippen molar-refractivity contribution in [2.75, 3.05) is 18.5 Å². The molecule has 0 amide bonds. The first-order chi connectivity index (χ1) is 6.86. The van der Waals surface area contributed by atoms with Crippen LogP contribution in [0.5, 0.6) is 0 Å². The highest BCUT2D eigenvalue weighted by Gasteiger charge is 2.05. The van der Waals surface area contributed by atoms with Gasteiger partial charge in [-0.1, -0.05) is 13.3 Å². The van der Waals surface area contributed by atoms with Crippen molar-refractivity contribution in [3.63, 3.8) is 0 Å². The van der Waals surface area contributed by atoms with E-state index in [-0.39, 0.29) is 6.61 Å². The van der Waals surface area contributed by atoms with Gasteiger partial charge in [0.2, 0.25) is 5.95 Å². The van der Waals surface area contributed by atoms with Crippen LogP contribution in [-0.4, -0.2) is 28.2 Å². The maximum absolute atomic E-state index is 8.81. The highest BCUT2D eigenvalue weighted by Crippen LogP contribution is 2.07. The standard InChI is InChI=1S/C10H17N3O/c1-2-9(4-7-14)8-13-10-11-5-3-6-12-10/h3,5-6,9,14H,2,4,7-8H2,1H3,(H,11,12,13). The van der Waals surface area contributed by atoms with Gasteiger partial charge >= 0.3 is 0 Å². The van der Waals surface area contributed by atoms with Crippen molar-refractivity contribution >= 4 is 5.95 Å². The SMILES string of the molecule is CCC(CCO)CNc1ncccn1. The number of rotatable bonds is 6. The lowest BCUT2D eigenvalue weighted by atomic mass is 10.0. The fourth-order valence-corrected chi connectivity index (χ4v) is 1.26. The van der Waals surface area contributed by atoms with Crippen molar-refractivity contribution in [1.29, 1.82) is 0 Å². The molecular weight excluding hydrogens is 178 g/mol. The smallest absolute Gasteiger partial charge is 0.222 e. The van der Waals surface area contributed by atoms with E-state index in [2.05, 4.69) is 22.2 Å². The Labute approximate surface area is 84.4 Å². The van der Waals surface area contributed by atoms with Gasteiger partial charge in [0.1, 0.15) is 0 Å². The van der Waals surface area contributed by atoms with Crippen LogP contribution in [0.25, 0.3) is 0 Å². The predicted octanol–water partition coefficient (Wildman–Crippen LogP) is 1.30. The first-order valence-electron chi connectivity index (χ1n) is 4.98. The molecule has 1 aromatic heterocycles. The van der Waals surface area contributed by atoms with Crippen molar-refractivity contribution in [1.82, 2.24) is 9.97 Å². The van der Waals surface area contributed by atoms with E-state index in [1.165, 1.54) is 0 Å². The van der Waals surface area contributed by atoms with E-state index in [1.54, 1.807) is 18.5 Å². The predicted molar refractivity (Wildman–Crippen MR) is 56.0 cm³/mol. The van der Waals surface area contributed by atoms with Crippen molar-refractivity contribution in [3.8, 4) is 0 Å². The van der Waals surface area contributed by atoms with E-state index in [1.807, 2.05) is 0 Å². The molecule has 0 aromatic carbocycles. The highest BCUT2D eigenvalue weighted by molar-refractivity contribution is 5.21. The average Bonchev–Trinajstić information content (AvgIpc) is 2.25.